The van der Waals surface area contributed by atoms with Crippen LogP contribution in [0.15, 0.2) is 12.1 Å². The van der Waals surface area contributed by atoms with Crippen LogP contribution < -0.4 is 5.73 Å². The van der Waals surface area contributed by atoms with Gasteiger partial charge in [0.15, 0.2) is 0 Å². The fourth-order valence-corrected chi connectivity index (χ4v) is 3.75. The molecule has 114 valence electrons. The minimum Gasteiger partial charge on any atom is -0.394 e. The summed E-state index contributed by atoms with van der Waals surface area (Å²) in [5.41, 5.74) is 4.79. The Morgan fingerprint density at radius 1 is 1.10 bits per heavy atom. The second kappa shape index (κ2) is 5.62. The van der Waals surface area contributed by atoms with E-state index in [1.165, 1.54) is 12.8 Å². The number of rotatable bonds is 2. The monoisotopic (exact) mass is 294 g/mol. The summed E-state index contributed by atoms with van der Waals surface area (Å²) in [5, 5.41) is 0. The van der Waals surface area contributed by atoms with Crippen molar-refractivity contribution in [3.8, 4) is 0 Å². The highest BCUT2D eigenvalue weighted by molar-refractivity contribution is 5.95. The first-order valence-electron chi connectivity index (χ1n) is 7.63. The van der Waals surface area contributed by atoms with E-state index in [4.69, 9.17) is 5.73 Å². The van der Waals surface area contributed by atoms with Crippen LogP contribution in [0.25, 0.3) is 0 Å². The molecule has 5 heteroatoms. The van der Waals surface area contributed by atoms with Crippen molar-refractivity contribution in [3.63, 3.8) is 0 Å². The predicted molar refractivity (Wildman–Crippen MR) is 76.8 cm³/mol. The van der Waals surface area contributed by atoms with E-state index in [1.54, 1.807) is 4.90 Å². The average Bonchev–Trinajstić information content (AvgIpc) is 3.13. The highest BCUT2D eigenvalue weighted by Gasteiger charge is 2.36. The van der Waals surface area contributed by atoms with E-state index < -0.39 is 17.3 Å². The van der Waals surface area contributed by atoms with Gasteiger partial charge in [0, 0.05) is 18.2 Å². The first-order valence-corrected chi connectivity index (χ1v) is 7.63. The molecule has 3 rings (SSSR count). The third kappa shape index (κ3) is 2.61. The molecule has 0 spiro atoms. The molecule has 0 bridgehead atoms. The number of anilines is 1. The van der Waals surface area contributed by atoms with Crippen molar-refractivity contribution in [2.75, 3.05) is 12.3 Å². The molecular formula is C16H20F2N2O. The molecule has 1 aromatic carbocycles. The second-order valence-electron chi connectivity index (χ2n) is 6.11. The number of nitrogen functional groups attached to an aromatic ring is 1. The van der Waals surface area contributed by atoms with Crippen LogP contribution in [0.5, 0.6) is 0 Å². The smallest absolute Gasteiger partial charge is 0.254 e. The zero-order valence-corrected chi connectivity index (χ0v) is 11.9. The average molecular weight is 294 g/mol. The fraction of sp³-hybridized carbons (Fsp3) is 0.562. The maximum Gasteiger partial charge on any atom is 0.254 e. The molecule has 3 nitrogen and oxygen atoms in total. The van der Waals surface area contributed by atoms with Crippen molar-refractivity contribution in [2.45, 2.75) is 44.6 Å². The molecule has 1 saturated carbocycles. The lowest BCUT2D eigenvalue weighted by Crippen LogP contribution is -2.39. The summed E-state index contributed by atoms with van der Waals surface area (Å²) in [6, 6.07) is 2.32. The molecule has 21 heavy (non-hydrogen) atoms. The van der Waals surface area contributed by atoms with Crippen molar-refractivity contribution >= 4 is 11.6 Å². The van der Waals surface area contributed by atoms with Crippen LogP contribution >= 0.6 is 0 Å². The number of nitrogens with zero attached hydrogens (tertiary/aromatic N) is 1. The minimum absolute atomic E-state index is 0.0593. The van der Waals surface area contributed by atoms with Gasteiger partial charge in [0.2, 0.25) is 0 Å². The van der Waals surface area contributed by atoms with Gasteiger partial charge in [-0.05, 0) is 43.7 Å². The van der Waals surface area contributed by atoms with Crippen LogP contribution in [0.3, 0.4) is 0 Å². The molecule has 1 aliphatic carbocycles. The number of halogens is 2. The topological polar surface area (TPSA) is 46.3 Å². The first kappa shape index (κ1) is 14.3. The van der Waals surface area contributed by atoms with Gasteiger partial charge < -0.3 is 10.6 Å². The highest BCUT2D eigenvalue weighted by atomic mass is 19.1. The van der Waals surface area contributed by atoms with Gasteiger partial charge in [-0.3, -0.25) is 4.79 Å². The molecule has 0 aromatic heterocycles. The van der Waals surface area contributed by atoms with Crippen molar-refractivity contribution in [1.29, 1.82) is 0 Å². The summed E-state index contributed by atoms with van der Waals surface area (Å²) in [6.07, 6.45) is 6.70. The van der Waals surface area contributed by atoms with Crippen LogP contribution in [0.4, 0.5) is 14.5 Å². The number of amides is 1. The van der Waals surface area contributed by atoms with Gasteiger partial charge in [-0.15, -0.1) is 0 Å². The standard InChI is InChI=1S/C16H20F2N2O/c17-12-8-11(9-13(18)15(12)19)16(21)20-7-3-6-14(20)10-4-1-2-5-10/h8-10,14H,1-7,19H2. The lowest BCUT2D eigenvalue weighted by atomic mass is 9.95. The quantitative estimate of drug-likeness (QED) is 0.850. The largest absolute Gasteiger partial charge is 0.394 e. The SMILES string of the molecule is Nc1c(F)cc(C(=O)N2CCCC2C2CCCC2)cc1F. The molecule has 2 fully saturated rings. The Kier molecular flexibility index (Phi) is 3.83. The predicted octanol–water partition coefficient (Wildman–Crippen LogP) is 3.34. The fourth-order valence-electron chi connectivity index (χ4n) is 3.75. The normalized spacial score (nSPS) is 23.0. The Hall–Kier alpha value is -1.65. The zero-order chi connectivity index (χ0) is 15.0. The third-order valence-corrected chi connectivity index (χ3v) is 4.83. The molecule has 1 atom stereocenters. The second-order valence-corrected chi connectivity index (χ2v) is 6.11. The van der Waals surface area contributed by atoms with Crippen molar-refractivity contribution in [3.05, 3.63) is 29.3 Å². The Morgan fingerprint density at radius 3 is 2.33 bits per heavy atom. The van der Waals surface area contributed by atoms with Gasteiger partial charge in [-0.1, -0.05) is 12.8 Å². The van der Waals surface area contributed by atoms with E-state index in [1.807, 2.05) is 0 Å². The summed E-state index contributed by atoms with van der Waals surface area (Å²) in [4.78, 5) is 14.4. The number of hydrogen-bond donors (Lipinski definition) is 1. The Labute approximate surface area is 123 Å². The molecule has 0 radical (unpaired) electrons. The Balaban J connectivity index is 1.83. The molecule has 1 aliphatic heterocycles. The van der Waals surface area contributed by atoms with E-state index >= 15 is 0 Å². The summed E-state index contributed by atoms with van der Waals surface area (Å²) >= 11 is 0. The summed E-state index contributed by atoms with van der Waals surface area (Å²) < 4.78 is 27.1. The number of likely N-dealkylation sites (tertiary alicyclic amines) is 1. The third-order valence-electron chi connectivity index (χ3n) is 4.83. The van der Waals surface area contributed by atoms with Gasteiger partial charge in [0.05, 0.1) is 0 Å². The van der Waals surface area contributed by atoms with Crippen molar-refractivity contribution in [1.82, 2.24) is 4.90 Å². The van der Waals surface area contributed by atoms with Gasteiger partial charge in [0.25, 0.3) is 5.91 Å². The molecule has 2 N–H and O–H groups in total. The van der Waals surface area contributed by atoms with Crippen LogP contribution in [0.1, 0.15) is 48.9 Å². The Bertz CT molecular complexity index is 532. The van der Waals surface area contributed by atoms with E-state index in [0.717, 1.165) is 37.8 Å². The highest BCUT2D eigenvalue weighted by Crippen LogP contribution is 2.36. The molecule has 2 aliphatic rings. The number of benzene rings is 1. The molecule has 1 heterocycles. The lowest BCUT2D eigenvalue weighted by Gasteiger charge is -2.29. The molecular weight excluding hydrogens is 274 g/mol. The summed E-state index contributed by atoms with van der Waals surface area (Å²) in [7, 11) is 0. The van der Waals surface area contributed by atoms with E-state index in [2.05, 4.69) is 0 Å². The number of carbonyl (C=O) groups is 1. The molecule has 1 saturated heterocycles. The maximum absolute atomic E-state index is 13.5. The van der Waals surface area contributed by atoms with E-state index in [9.17, 15) is 13.6 Å². The van der Waals surface area contributed by atoms with Gasteiger partial charge in [0.1, 0.15) is 17.3 Å². The molecule has 1 amide bonds. The first-order chi connectivity index (χ1) is 10.1. The number of carbonyl (C=O) groups excluding carboxylic acids is 1. The van der Waals surface area contributed by atoms with Crippen LogP contribution in [0, 0.1) is 17.6 Å². The van der Waals surface area contributed by atoms with Gasteiger partial charge in [-0.2, -0.15) is 0 Å². The minimum atomic E-state index is -0.866. The van der Waals surface area contributed by atoms with Crippen molar-refractivity contribution in [2.24, 2.45) is 5.92 Å². The number of nitrogens with two attached hydrogens (primary N) is 1. The molecule has 1 aromatic rings. The van der Waals surface area contributed by atoms with Gasteiger partial charge in [-0.25, -0.2) is 8.78 Å². The number of hydrogen-bond acceptors (Lipinski definition) is 2. The van der Waals surface area contributed by atoms with Gasteiger partial charge >= 0.3 is 0 Å². The van der Waals surface area contributed by atoms with Crippen LogP contribution in [-0.2, 0) is 0 Å². The zero-order valence-electron chi connectivity index (χ0n) is 11.9. The van der Waals surface area contributed by atoms with Crippen LogP contribution in [-0.4, -0.2) is 23.4 Å². The van der Waals surface area contributed by atoms with E-state index in [0.29, 0.717) is 12.5 Å². The van der Waals surface area contributed by atoms with E-state index in [-0.39, 0.29) is 17.5 Å². The van der Waals surface area contributed by atoms with Crippen molar-refractivity contribution < 1.29 is 13.6 Å². The van der Waals surface area contributed by atoms with Crippen LogP contribution in [0.2, 0.25) is 0 Å². The maximum atomic E-state index is 13.5. The molecule has 1 unspecified atom stereocenters. The lowest BCUT2D eigenvalue weighted by molar-refractivity contribution is 0.0688. The Morgan fingerprint density at radius 2 is 1.71 bits per heavy atom. The summed E-state index contributed by atoms with van der Waals surface area (Å²) in [5.74, 6) is -1.47. The summed E-state index contributed by atoms with van der Waals surface area (Å²) in [6.45, 7) is 0.674.